The monoisotopic (exact) mass is 457 g/mol. The maximum atomic E-state index is 13.3. The third-order valence-electron chi connectivity index (χ3n) is 7.07. The summed E-state index contributed by atoms with van der Waals surface area (Å²) in [6.07, 6.45) is 1.28. The minimum Gasteiger partial charge on any atom is -0.372 e. The number of benzene rings is 1. The van der Waals surface area contributed by atoms with Gasteiger partial charge in [-0.15, -0.1) is 0 Å². The number of nitrogens with zero attached hydrogens (tertiary/aromatic N) is 3. The number of morpholine rings is 1. The molecule has 0 radical (unpaired) electrons. The highest BCUT2D eigenvalue weighted by Crippen LogP contribution is 2.46. The summed E-state index contributed by atoms with van der Waals surface area (Å²) < 4.78 is 6.05. The van der Waals surface area contributed by atoms with Gasteiger partial charge in [-0.05, 0) is 32.0 Å². The Morgan fingerprint density at radius 1 is 1.03 bits per heavy atom. The van der Waals surface area contributed by atoms with Gasteiger partial charge in [0.15, 0.2) is 5.41 Å². The maximum Gasteiger partial charge on any atom is 0.328 e. The van der Waals surface area contributed by atoms with Gasteiger partial charge in [0.25, 0.3) is 0 Å². The number of urea groups is 1. The van der Waals surface area contributed by atoms with E-state index in [1.54, 1.807) is 6.20 Å². The number of fused-ring (bicyclic) bond motifs is 5. The van der Waals surface area contributed by atoms with Crippen molar-refractivity contribution < 1.29 is 19.1 Å². The largest absolute Gasteiger partial charge is 0.372 e. The van der Waals surface area contributed by atoms with Crippen molar-refractivity contribution in [3.63, 3.8) is 0 Å². The third kappa shape index (κ3) is 2.86. The number of amides is 4. The Bertz CT molecular complexity index is 1350. The molecule has 3 aliphatic rings. The molecule has 1 spiro atoms. The van der Waals surface area contributed by atoms with Crippen LogP contribution in [0.15, 0.2) is 48.7 Å². The minimum atomic E-state index is -1.54. The summed E-state index contributed by atoms with van der Waals surface area (Å²) >= 11 is 0. The average Bonchev–Trinajstić information content (AvgIpc) is 2.81. The van der Waals surface area contributed by atoms with Gasteiger partial charge in [-0.3, -0.25) is 30.2 Å². The quantitative estimate of drug-likeness (QED) is 0.539. The summed E-state index contributed by atoms with van der Waals surface area (Å²) in [5.74, 6) is -1.24. The first-order valence-electron chi connectivity index (χ1n) is 11.3. The number of carbonyl (C=O) groups is 3. The summed E-state index contributed by atoms with van der Waals surface area (Å²) in [5, 5.41) is 5.61. The van der Waals surface area contributed by atoms with Crippen molar-refractivity contribution in [1.29, 1.82) is 0 Å². The number of pyridine rings is 2. The second kappa shape index (κ2) is 7.33. The lowest BCUT2D eigenvalue weighted by Crippen LogP contribution is -2.75. The van der Waals surface area contributed by atoms with Gasteiger partial charge in [0.2, 0.25) is 11.8 Å². The number of para-hydroxylation sites is 1. The van der Waals surface area contributed by atoms with Crippen LogP contribution in [-0.4, -0.2) is 52.6 Å². The number of imide groups is 2. The molecule has 2 N–H and O–H groups in total. The van der Waals surface area contributed by atoms with E-state index >= 15 is 0 Å². The highest BCUT2D eigenvalue weighted by molar-refractivity contribution is 6.20. The molecule has 3 aromatic rings. The minimum absolute atomic E-state index is 0.0581. The van der Waals surface area contributed by atoms with Crippen LogP contribution in [0.2, 0.25) is 0 Å². The van der Waals surface area contributed by atoms with Gasteiger partial charge in [-0.25, -0.2) is 4.79 Å². The Kier molecular flexibility index (Phi) is 4.47. The SMILES string of the molecule is C[C@@H]1CN2c3ccc(-c4cccc5cccnc45)nc3CC3(C(=O)NC(=O)NC3=O)[C@H]2[C@H](C)O1. The van der Waals surface area contributed by atoms with Gasteiger partial charge in [0.1, 0.15) is 0 Å². The number of ether oxygens (including phenoxy) is 1. The molecular weight excluding hydrogens is 434 g/mol. The van der Waals surface area contributed by atoms with E-state index in [4.69, 9.17) is 9.72 Å². The summed E-state index contributed by atoms with van der Waals surface area (Å²) in [7, 11) is 0. The normalized spacial score (nSPS) is 25.5. The van der Waals surface area contributed by atoms with Crippen molar-refractivity contribution in [1.82, 2.24) is 20.6 Å². The smallest absolute Gasteiger partial charge is 0.328 e. The highest BCUT2D eigenvalue weighted by atomic mass is 16.5. The Morgan fingerprint density at radius 2 is 1.79 bits per heavy atom. The second-order valence-electron chi connectivity index (χ2n) is 9.18. The molecular formula is C25H23N5O4. The molecule has 9 heteroatoms. The van der Waals surface area contributed by atoms with Gasteiger partial charge in [-0.2, -0.15) is 0 Å². The van der Waals surface area contributed by atoms with Crippen LogP contribution in [-0.2, 0) is 20.7 Å². The topological polar surface area (TPSA) is 114 Å². The number of anilines is 1. The lowest BCUT2D eigenvalue weighted by Gasteiger charge is -2.55. The third-order valence-corrected chi connectivity index (χ3v) is 7.07. The molecule has 0 bridgehead atoms. The van der Waals surface area contributed by atoms with Crippen LogP contribution in [0, 0.1) is 5.41 Å². The van der Waals surface area contributed by atoms with E-state index in [0.29, 0.717) is 17.9 Å². The van der Waals surface area contributed by atoms with Crippen LogP contribution >= 0.6 is 0 Å². The number of carbonyl (C=O) groups excluding carboxylic acids is 3. The van der Waals surface area contributed by atoms with Crippen LogP contribution in [0.4, 0.5) is 10.5 Å². The van der Waals surface area contributed by atoms with Gasteiger partial charge in [-0.1, -0.05) is 24.3 Å². The van der Waals surface area contributed by atoms with Crippen molar-refractivity contribution in [3.8, 4) is 11.3 Å². The van der Waals surface area contributed by atoms with Crippen LogP contribution in [0.3, 0.4) is 0 Å². The standard InChI is InChI=1S/C25H23N5O4/c1-13-12-30-19-9-8-17(16-7-3-5-15-6-4-10-26-20(15)16)27-18(19)11-25(21(30)14(2)34-13)22(31)28-24(33)29-23(25)32/h3-10,13-14,21H,11-12H2,1-2H3,(H2,28,29,31,32,33)/t13-,14+,21-/m1/s1. The Balaban J connectivity index is 1.54. The van der Waals surface area contributed by atoms with Crippen LogP contribution < -0.4 is 15.5 Å². The molecule has 2 aromatic heterocycles. The van der Waals surface area contributed by atoms with E-state index in [-0.39, 0.29) is 12.5 Å². The zero-order valence-corrected chi connectivity index (χ0v) is 18.7. The maximum absolute atomic E-state index is 13.3. The molecule has 0 saturated carbocycles. The lowest BCUT2D eigenvalue weighted by molar-refractivity contribution is -0.153. The molecule has 9 nitrogen and oxygen atoms in total. The van der Waals surface area contributed by atoms with Crippen LogP contribution in [0.1, 0.15) is 19.5 Å². The molecule has 4 amide bonds. The summed E-state index contributed by atoms with van der Waals surface area (Å²) in [4.78, 5) is 50.0. The van der Waals surface area contributed by atoms with Crippen molar-refractivity contribution in [2.75, 3.05) is 11.4 Å². The number of aromatic nitrogens is 2. The first-order valence-corrected chi connectivity index (χ1v) is 11.3. The molecule has 1 aromatic carbocycles. The molecule has 34 heavy (non-hydrogen) atoms. The van der Waals surface area contributed by atoms with Gasteiger partial charge >= 0.3 is 6.03 Å². The van der Waals surface area contributed by atoms with Gasteiger partial charge in [0.05, 0.1) is 40.8 Å². The first-order chi connectivity index (χ1) is 16.4. The first kappa shape index (κ1) is 20.7. The predicted octanol–water partition coefficient (Wildman–Crippen LogP) is 2.19. The van der Waals surface area contributed by atoms with E-state index in [9.17, 15) is 14.4 Å². The number of rotatable bonds is 1. The molecule has 3 aliphatic heterocycles. The molecule has 2 saturated heterocycles. The fraction of sp³-hybridized carbons (Fsp3) is 0.320. The van der Waals surface area contributed by atoms with Gasteiger partial charge in [0, 0.05) is 30.1 Å². The summed E-state index contributed by atoms with van der Waals surface area (Å²) in [6, 6.07) is 12.4. The molecule has 2 fully saturated rings. The van der Waals surface area contributed by atoms with Crippen LogP contribution in [0.5, 0.6) is 0 Å². The number of hydrogen-bond acceptors (Lipinski definition) is 7. The zero-order chi connectivity index (χ0) is 23.6. The average molecular weight is 457 g/mol. The number of hydrogen-bond donors (Lipinski definition) is 2. The van der Waals surface area contributed by atoms with E-state index in [1.807, 2.05) is 61.2 Å². The number of nitrogens with one attached hydrogen (secondary N) is 2. The molecule has 5 heterocycles. The van der Waals surface area contributed by atoms with Gasteiger partial charge < -0.3 is 9.64 Å². The fourth-order valence-corrected chi connectivity index (χ4v) is 5.75. The van der Waals surface area contributed by atoms with E-state index in [0.717, 1.165) is 22.2 Å². The Morgan fingerprint density at radius 3 is 2.59 bits per heavy atom. The molecule has 0 unspecified atom stereocenters. The predicted molar refractivity (Wildman–Crippen MR) is 124 cm³/mol. The lowest BCUT2D eigenvalue weighted by atomic mass is 9.67. The fourth-order valence-electron chi connectivity index (χ4n) is 5.75. The summed E-state index contributed by atoms with van der Waals surface area (Å²) in [6.45, 7) is 4.32. The highest BCUT2D eigenvalue weighted by Gasteiger charge is 2.63. The number of barbiturate groups is 1. The second-order valence-corrected chi connectivity index (χ2v) is 9.18. The Labute approximate surface area is 195 Å². The van der Waals surface area contributed by atoms with Crippen molar-refractivity contribution in [3.05, 3.63) is 54.4 Å². The molecule has 0 aliphatic carbocycles. The van der Waals surface area contributed by atoms with Crippen molar-refractivity contribution in [2.45, 2.75) is 38.5 Å². The van der Waals surface area contributed by atoms with E-state index in [2.05, 4.69) is 15.6 Å². The van der Waals surface area contributed by atoms with Crippen molar-refractivity contribution >= 4 is 34.4 Å². The van der Waals surface area contributed by atoms with E-state index < -0.39 is 35.4 Å². The molecule has 3 atom stereocenters. The molecule has 172 valence electrons. The molecule has 6 rings (SSSR count). The van der Waals surface area contributed by atoms with Crippen LogP contribution in [0.25, 0.3) is 22.2 Å². The summed E-state index contributed by atoms with van der Waals surface area (Å²) in [5.41, 5.74) is 2.36. The van der Waals surface area contributed by atoms with E-state index in [1.165, 1.54) is 0 Å². The van der Waals surface area contributed by atoms with Crippen molar-refractivity contribution in [2.24, 2.45) is 5.41 Å². The zero-order valence-electron chi connectivity index (χ0n) is 18.7. The Hall–Kier alpha value is -3.85.